The summed E-state index contributed by atoms with van der Waals surface area (Å²) in [6.07, 6.45) is 1.17. The van der Waals surface area contributed by atoms with Crippen LogP contribution in [-0.4, -0.2) is 35.6 Å². The molecule has 23 heavy (non-hydrogen) atoms. The number of sulfonamides is 1. The van der Waals surface area contributed by atoms with Gasteiger partial charge in [0.1, 0.15) is 10.8 Å². The fourth-order valence-electron chi connectivity index (χ4n) is 1.93. The molecule has 0 aromatic heterocycles. The Morgan fingerprint density at radius 2 is 1.91 bits per heavy atom. The van der Waals surface area contributed by atoms with E-state index < -0.39 is 31.5 Å². The van der Waals surface area contributed by atoms with Gasteiger partial charge in [-0.15, -0.1) is 23.2 Å². The summed E-state index contributed by atoms with van der Waals surface area (Å²) in [7, 11) is -4.23. The Kier molecular flexibility index (Phi) is 4.88. The van der Waals surface area contributed by atoms with Crippen LogP contribution in [0.15, 0.2) is 45.2 Å². The van der Waals surface area contributed by atoms with Crippen LogP contribution in [0.4, 0.5) is 5.69 Å². The predicted molar refractivity (Wildman–Crippen MR) is 85.8 cm³/mol. The summed E-state index contributed by atoms with van der Waals surface area (Å²) in [4.78, 5) is 21.2. The van der Waals surface area contributed by atoms with Crippen LogP contribution < -0.4 is 0 Å². The van der Waals surface area contributed by atoms with E-state index >= 15 is 0 Å². The van der Waals surface area contributed by atoms with Gasteiger partial charge in [0.25, 0.3) is 15.7 Å². The number of halogens is 2. The molecule has 0 N–H and O–H groups in total. The van der Waals surface area contributed by atoms with Crippen LogP contribution in [0, 0.1) is 10.1 Å². The average molecular weight is 377 g/mol. The molecule has 7 nitrogen and oxygen atoms in total. The lowest BCUT2D eigenvalue weighted by Gasteiger charge is -2.21. The first-order chi connectivity index (χ1) is 10.6. The van der Waals surface area contributed by atoms with E-state index in [0.29, 0.717) is 0 Å². The molecule has 0 amide bonds. The number of nitro groups is 1. The summed E-state index contributed by atoms with van der Waals surface area (Å²) in [6.45, 7) is 1.48. The third-order valence-corrected chi connectivity index (χ3v) is 5.44. The van der Waals surface area contributed by atoms with Gasteiger partial charge in [-0.25, -0.2) is 0 Å². The summed E-state index contributed by atoms with van der Waals surface area (Å²) in [5.74, 6) is -0.434. The van der Waals surface area contributed by atoms with Gasteiger partial charge in [-0.1, -0.05) is 6.07 Å². The van der Waals surface area contributed by atoms with Gasteiger partial charge >= 0.3 is 0 Å². The van der Waals surface area contributed by atoms with Crippen LogP contribution in [0.25, 0.3) is 0 Å². The third kappa shape index (κ3) is 3.60. The minimum atomic E-state index is -4.23. The van der Waals surface area contributed by atoms with Crippen molar-refractivity contribution in [2.75, 3.05) is 0 Å². The Hall–Kier alpha value is -1.77. The standard InChI is InChI=1S/C13H10Cl2N2O5S/c1-7-5-10(18)11(14)12(15)13(7)16-23(21,22)9-4-2-3-8(6-9)17(19)20/h2-6,11-12H,1H3/b16-13+. The summed E-state index contributed by atoms with van der Waals surface area (Å²) in [6, 6.07) is 4.48. The van der Waals surface area contributed by atoms with Crippen molar-refractivity contribution in [1.82, 2.24) is 0 Å². The number of ketones is 1. The number of nitrogens with zero attached hydrogens (tertiary/aromatic N) is 2. The molecule has 0 saturated heterocycles. The maximum atomic E-state index is 12.3. The zero-order valence-corrected chi connectivity index (χ0v) is 14.0. The number of carbonyl (C=O) groups is 1. The SMILES string of the molecule is CC1=CC(=O)C(Cl)C(Cl)/C1=N/S(=O)(=O)c1cccc([N+](=O)[O-])c1. The summed E-state index contributed by atoms with van der Waals surface area (Å²) in [5.41, 5.74) is -0.159. The number of hydrogen-bond donors (Lipinski definition) is 0. The van der Waals surface area contributed by atoms with Crippen LogP contribution in [0.3, 0.4) is 0 Å². The maximum absolute atomic E-state index is 12.3. The first-order valence-corrected chi connectivity index (χ1v) is 8.55. The summed E-state index contributed by atoms with van der Waals surface area (Å²) in [5, 5.41) is 8.51. The molecule has 0 fully saturated rings. The van der Waals surface area contributed by atoms with Crippen LogP contribution in [0.5, 0.6) is 0 Å². The van der Waals surface area contributed by atoms with Crippen molar-refractivity contribution < 1.29 is 18.1 Å². The Morgan fingerprint density at radius 3 is 2.52 bits per heavy atom. The monoisotopic (exact) mass is 376 g/mol. The number of non-ortho nitro benzene ring substituents is 1. The van der Waals surface area contributed by atoms with Gasteiger partial charge in [0.05, 0.1) is 15.5 Å². The number of rotatable bonds is 3. The highest BCUT2D eigenvalue weighted by Crippen LogP contribution is 2.26. The second kappa shape index (κ2) is 6.38. The Morgan fingerprint density at radius 1 is 1.26 bits per heavy atom. The number of carbonyl (C=O) groups excluding carboxylic acids is 1. The van der Waals surface area contributed by atoms with Crippen molar-refractivity contribution in [1.29, 1.82) is 0 Å². The van der Waals surface area contributed by atoms with E-state index in [9.17, 15) is 23.3 Å². The highest BCUT2D eigenvalue weighted by atomic mass is 35.5. The number of allylic oxidation sites excluding steroid dienone is 2. The molecular formula is C13H10Cl2N2O5S. The van der Waals surface area contributed by atoms with E-state index in [1.165, 1.54) is 25.1 Å². The third-order valence-electron chi connectivity index (χ3n) is 3.10. The van der Waals surface area contributed by atoms with E-state index in [4.69, 9.17) is 23.2 Å². The van der Waals surface area contributed by atoms with Crippen molar-refractivity contribution in [3.8, 4) is 0 Å². The minimum Gasteiger partial charge on any atom is -0.293 e. The maximum Gasteiger partial charge on any atom is 0.282 e. The Balaban J connectivity index is 2.52. The highest BCUT2D eigenvalue weighted by Gasteiger charge is 2.34. The van der Waals surface area contributed by atoms with E-state index in [1.807, 2.05) is 0 Å². The van der Waals surface area contributed by atoms with Gasteiger partial charge in [0, 0.05) is 12.1 Å². The minimum absolute atomic E-state index is 0.0576. The first kappa shape index (κ1) is 17.6. The zero-order valence-electron chi connectivity index (χ0n) is 11.6. The molecular weight excluding hydrogens is 367 g/mol. The van der Waals surface area contributed by atoms with Gasteiger partial charge in [-0.2, -0.15) is 12.8 Å². The van der Waals surface area contributed by atoms with Gasteiger partial charge in [0.2, 0.25) is 0 Å². The topological polar surface area (TPSA) is 107 Å². The molecule has 1 aromatic carbocycles. The van der Waals surface area contributed by atoms with E-state index in [-0.39, 0.29) is 21.9 Å². The Labute approximate surface area is 141 Å². The molecule has 0 bridgehead atoms. The van der Waals surface area contributed by atoms with Crippen LogP contribution in [0.2, 0.25) is 0 Å². The normalized spacial score (nSPS) is 23.7. The van der Waals surface area contributed by atoms with Crippen molar-refractivity contribution in [2.24, 2.45) is 4.40 Å². The molecule has 0 radical (unpaired) electrons. The van der Waals surface area contributed by atoms with Crippen molar-refractivity contribution in [2.45, 2.75) is 22.6 Å². The molecule has 2 rings (SSSR count). The summed E-state index contributed by atoms with van der Waals surface area (Å²) < 4.78 is 28.3. The van der Waals surface area contributed by atoms with Crippen LogP contribution >= 0.6 is 23.2 Å². The second-order valence-electron chi connectivity index (χ2n) is 4.74. The average Bonchev–Trinajstić information content (AvgIpc) is 2.49. The molecule has 1 aliphatic rings. The van der Waals surface area contributed by atoms with Crippen molar-refractivity contribution in [3.05, 3.63) is 46.0 Å². The quantitative estimate of drug-likeness (QED) is 0.457. The van der Waals surface area contributed by atoms with E-state index in [0.717, 1.165) is 12.1 Å². The molecule has 0 saturated carbocycles. The predicted octanol–water partition coefficient (Wildman–Crippen LogP) is 2.47. The van der Waals surface area contributed by atoms with Gasteiger partial charge in [0.15, 0.2) is 5.78 Å². The number of nitro benzene ring substituents is 1. The fourth-order valence-corrected chi connectivity index (χ4v) is 3.66. The number of hydrogen-bond acceptors (Lipinski definition) is 5. The molecule has 0 spiro atoms. The van der Waals surface area contributed by atoms with Gasteiger partial charge in [-0.05, 0) is 24.6 Å². The lowest BCUT2D eigenvalue weighted by molar-refractivity contribution is -0.385. The van der Waals surface area contributed by atoms with E-state index in [1.54, 1.807) is 0 Å². The van der Waals surface area contributed by atoms with Crippen molar-refractivity contribution in [3.63, 3.8) is 0 Å². The first-order valence-electron chi connectivity index (χ1n) is 6.23. The molecule has 0 heterocycles. The second-order valence-corrected chi connectivity index (χ2v) is 7.28. The smallest absolute Gasteiger partial charge is 0.282 e. The fraction of sp³-hybridized carbons (Fsp3) is 0.231. The van der Waals surface area contributed by atoms with Crippen LogP contribution in [0.1, 0.15) is 6.92 Å². The zero-order chi connectivity index (χ0) is 17.4. The molecule has 10 heteroatoms. The molecule has 2 atom stereocenters. The van der Waals surface area contributed by atoms with E-state index in [2.05, 4.69) is 4.40 Å². The molecule has 0 aliphatic heterocycles. The van der Waals surface area contributed by atoms with Gasteiger partial charge in [-0.3, -0.25) is 14.9 Å². The summed E-state index contributed by atoms with van der Waals surface area (Å²) >= 11 is 11.8. The lowest BCUT2D eigenvalue weighted by Crippen LogP contribution is -2.36. The van der Waals surface area contributed by atoms with Crippen molar-refractivity contribution >= 4 is 50.4 Å². The van der Waals surface area contributed by atoms with Crippen LogP contribution in [-0.2, 0) is 14.8 Å². The van der Waals surface area contributed by atoms with Gasteiger partial charge < -0.3 is 0 Å². The number of benzene rings is 1. The molecule has 2 unspecified atom stereocenters. The largest absolute Gasteiger partial charge is 0.293 e. The highest BCUT2D eigenvalue weighted by molar-refractivity contribution is 7.90. The number of alkyl halides is 2. The Bertz CT molecular complexity index is 848. The lowest BCUT2D eigenvalue weighted by atomic mass is 9.97. The molecule has 1 aromatic rings. The molecule has 1 aliphatic carbocycles. The molecule has 122 valence electrons.